The van der Waals surface area contributed by atoms with Crippen LogP contribution in [0.5, 0.6) is 0 Å². The van der Waals surface area contributed by atoms with Gasteiger partial charge in [0, 0.05) is 35.1 Å². The van der Waals surface area contributed by atoms with Gasteiger partial charge in [-0.25, -0.2) is 4.98 Å². The summed E-state index contributed by atoms with van der Waals surface area (Å²) in [7, 11) is 2.19. The summed E-state index contributed by atoms with van der Waals surface area (Å²) in [6, 6.07) is 3.97. The topological polar surface area (TPSA) is 64.1 Å². The molecule has 2 atom stereocenters. The first-order valence-corrected chi connectivity index (χ1v) is 9.82. The van der Waals surface area contributed by atoms with Crippen LogP contribution in [0.25, 0.3) is 16.7 Å². The minimum absolute atomic E-state index is 0.131. The third kappa shape index (κ3) is 4.93. The highest BCUT2D eigenvalue weighted by molar-refractivity contribution is 5.86. The molecule has 2 aromatic heterocycles. The summed E-state index contributed by atoms with van der Waals surface area (Å²) in [5.74, 6) is 0.349. The van der Waals surface area contributed by atoms with Crippen LogP contribution in [0.2, 0.25) is 0 Å². The van der Waals surface area contributed by atoms with Gasteiger partial charge in [-0.3, -0.25) is 4.79 Å². The molecule has 27 heavy (non-hydrogen) atoms. The number of aromatic nitrogens is 2. The number of piperidine rings is 1. The lowest BCUT2D eigenvalue weighted by Crippen LogP contribution is -2.26. The number of fused-ring (bicyclic) bond motifs is 1. The van der Waals surface area contributed by atoms with Crippen LogP contribution in [0, 0.1) is 5.92 Å². The molecular formula is C22H30N4O. The van der Waals surface area contributed by atoms with Gasteiger partial charge >= 0.3 is 0 Å². The number of nitrogens with two attached hydrogens (primary N) is 1. The van der Waals surface area contributed by atoms with E-state index in [1.165, 1.54) is 38.0 Å². The van der Waals surface area contributed by atoms with Crippen molar-refractivity contribution in [2.75, 3.05) is 20.1 Å². The Balaban J connectivity index is 0.000000253. The summed E-state index contributed by atoms with van der Waals surface area (Å²) in [4.78, 5) is 17.6. The van der Waals surface area contributed by atoms with Crippen molar-refractivity contribution in [1.82, 2.24) is 14.5 Å². The van der Waals surface area contributed by atoms with E-state index in [4.69, 9.17) is 5.73 Å². The van der Waals surface area contributed by atoms with Gasteiger partial charge in [0.15, 0.2) is 6.29 Å². The number of carbonyl (C=O) groups excluding carboxylic acids is 1. The van der Waals surface area contributed by atoms with Crippen molar-refractivity contribution < 1.29 is 4.79 Å². The van der Waals surface area contributed by atoms with Crippen molar-refractivity contribution in [2.24, 2.45) is 11.7 Å². The van der Waals surface area contributed by atoms with Gasteiger partial charge in [-0.15, -0.1) is 0 Å². The van der Waals surface area contributed by atoms with Crippen LogP contribution in [-0.2, 0) is 0 Å². The maximum absolute atomic E-state index is 10.8. The quantitative estimate of drug-likeness (QED) is 0.841. The van der Waals surface area contributed by atoms with Crippen molar-refractivity contribution in [3.8, 4) is 0 Å². The molecule has 2 N–H and O–H groups in total. The number of carbonyl (C=O) groups is 1. The van der Waals surface area contributed by atoms with E-state index < -0.39 is 0 Å². The molecule has 2 unspecified atom stereocenters. The fourth-order valence-corrected chi connectivity index (χ4v) is 3.62. The number of allylic oxidation sites excluding steroid dienone is 3. The van der Waals surface area contributed by atoms with Gasteiger partial charge in [-0.2, -0.15) is 0 Å². The first-order chi connectivity index (χ1) is 13.1. The second-order valence-electron chi connectivity index (χ2n) is 7.62. The summed E-state index contributed by atoms with van der Waals surface area (Å²) < 4.78 is 2.07. The Morgan fingerprint density at radius 1 is 1.30 bits per heavy atom. The van der Waals surface area contributed by atoms with Crippen molar-refractivity contribution in [3.63, 3.8) is 0 Å². The highest BCUT2D eigenvalue weighted by atomic mass is 16.1. The van der Waals surface area contributed by atoms with Gasteiger partial charge in [-0.05, 0) is 70.5 Å². The van der Waals surface area contributed by atoms with Gasteiger partial charge in [0.05, 0.1) is 0 Å². The summed E-state index contributed by atoms with van der Waals surface area (Å²) in [5, 5.41) is 0.974. The molecule has 5 nitrogen and oxygen atoms in total. The van der Waals surface area contributed by atoms with E-state index in [9.17, 15) is 4.79 Å². The maximum Gasteiger partial charge on any atom is 0.151 e. The maximum atomic E-state index is 10.8. The summed E-state index contributed by atoms with van der Waals surface area (Å²) in [6.07, 6.45) is 15.9. The van der Waals surface area contributed by atoms with Crippen LogP contribution in [0.1, 0.15) is 43.0 Å². The Labute approximate surface area is 161 Å². The molecule has 2 aromatic rings. The molecule has 0 aromatic carbocycles. The number of aldehydes is 1. The van der Waals surface area contributed by atoms with Gasteiger partial charge in [-0.1, -0.05) is 18.6 Å². The number of hydrogen-bond donors (Lipinski definition) is 1. The molecule has 2 aliphatic rings. The molecule has 1 aliphatic carbocycles. The third-order valence-corrected chi connectivity index (χ3v) is 5.34. The van der Waals surface area contributed by atoms with Crippen LogP contribution in [-0.4, -0.2) is 46.9 Å². The molecule has 0 amide bonds. The average molecular weight is 367 g/mol. The van der Waals surface area contributed by atoms with E-state index in [1.54, 1.807) is 6.20 Å². The molecule has 0 saturated carbocycles. The third-order valence-electron chi connectivity index (χ3n) is 5.34. The Hall–Kier alpha value is -2.24. The lowest BCUT2D eigenvalue weighted by atomic mass is 9.92. The zero-order valence-corrected chi connectivity index (χ0v) is 16.3. The van der Waals surface area contributed by atoms with E-state index >= 15 is 0 Å². The zero-order chi connectivity index (χ0) is 19.2. The smallest absolute Gasteiger partial charge is 0.151 e. The number of nitrogens with zero attached hydrogens (tertiary/aromatic N) is 3. The number of hydrogen-bond acceptors (Lipinski definition) is 4. The number of rotatable bonds is 3. The fourth-order valence-electron chi connectivity index (χ4n) is 3.62. The normalized spacial score (nSPS) is 21.3. The predicted octanol–water partition coefficient (Wildman–Crippen LogP) is 3.72. The SMILES string of the molecule is CC(N)C1C=CC=C(n2ccc3cc(C=O)cnc32)C1.CN1CCCCC1. The Morgan fingerprint density at radius 2 is 2.07 bits per heavy atom. The molecule has 1 saturated heterocycles. The first-order valence-electron chi connectivity index (χ1n) is 9.82. The van der Waals surface area contributed by atoms with Crippen molar-refractivity contribution in [1.29, 1.82) is 0 Å². The molecule has 5 heteroatoms. The van der Waals surface area contributed by atoms with E-state index in [0.29, 0.717) is 11.5 Å². The van der Waals surface area contributed by atoms with E-state index in [0.717, 1.165) is 23.7 Å². The molecule has 1 aliphatic heterocycles. The van der Waals surface area contributed by atoms with Crippen molar-refractivity contribution in [2.45, 2.75) is 38.6 Å². The summed E-state index contributed by atoms with van der Waals surface area (Å²) in [5.41, 5.74) is 8.64. The Morgan fingerprint density at radius 3 is 2.70 bits per heavy atom. The zero-order valence-electron chi connectivity index (χ0n) is 16.3. The lowest BCUT2D eigenvalue weighted by Gasteiger charge is -2.22. The monoisotopic (exact) mass is 366 g/mol. The summed E-state index contributed by atoms with van der Waals surface area (Å²) in [6.45, 7) is 4.67. The van der Waals surface area contributed by atoms with Crippen LogP contribution < -0.4 is 5.73 Å². The predicted molar refractivity (Wildman–Crippen MR) is 112 cm³/mol. The van der Waals surface area contributed by atoms with Crippen LogP contribution in [0.3, 0.4) is 0 Å². The van der Waals surface area contributed by atoms with Gasteiger partial charge in [0.1, 0.15) is 5.65 Å². The van der Waals surface area contributed by atoms with E-state index in [2.05, 4.69) is 39.7 Å². The average Bonchev–Trinajstić information content (AvgIpc) is 3.12. The van der Waals surface area contributed by atoms with E-state index in [1.807, 2.05) is 25.3 Å². The van der Waals surface area contributed by atoms with Crippen LogP contribution in [0.4, 0.5) is 0 Å². The molecular weight excluding hydrogens is 336 g/mol. The standard InChI is InChI=1S/C16H17N3O.C6H13N/c1-11(17)13-3-2-4-15(8-13)19-6-5-14-7-12(10-20)9-18-16(14)19;1-7-5-3-2-4-6-7/h2-7,9-11,13H,8,17H2,1H3;2-6H2,1H3. The van der Waals surface area contributed by atoms with Gasteiger partial charge in [0.2, 0.25) is 0 Å². The summed E-state index contributed by atoms with van der Waals surface area (Å²) >= 11 is 0. The minimum Gasteiger partial charge on any atom is -0.327 e. The molecule has 4 rings (SSSR count). The lowest BCUT2D eigenvalue weighted by molar-refractivity contribution is 0.112. The molecule has 0 bridgehead atoms. The van der Waals surface area contributed by atoms with E-state index in [-0.39, 0.29) is 6.04 Å². The highest BCUT2D eigenvalue weighted by Crippen LogP contribution is 2.27. The molecule has 3 heterocycles. The first kappa shape index (κ1) is 19.5. The minimum atomic E-state index is 0.131. The van der Waals surface area contributed by atoms with Gasteiger partial charge < -0.3 is 15.2 Å². The Bertz CT molecular complexity index is 828. The highest BCUT2D eigenvalue weighted by Gasteiger charge is 2.17. The Kier molecular flexibility index (Phi) is 6.58. The fraction of sp³-hybridized carbons (Fsp3) is 0.455. The number of likely N-dealkylation sites (tertiary alicyclic amines) is 1. The second-order valence-corrected chi connectivity index (χ2v) is 7.62. The molecule has 144 valence electrons. The molecule has 0 spiro atoms. The largest absolute Gasteiger partial charge is 0.327 e. The van der Waals surface area contributed by atoms with Gasteiger partial charge in [0.25, 0.3) is 0 Å². The van der Waals surface area contributed by atoms with Crippen LogP contribution in [0.15, 0.2) is 42.8 Å². The number of pyridine rings is 1. The van der Waals surface area contributed by atoms with Crippen LogP contribution >= 0.6 is 0 Å². The van der Waals surface area contributed by atoms with Crippen molar-refractivity contribution >= 4 is 23.0 Å². The van der Waals surface area contributed by atoms with Crippen molar-refractivity contribution in [3.05, 3.63) is 48.3 Å². The second kappa shape index (κ2) is 9.11. The molecule has 1 fully saturated rings. The molecule has 0 radical (unpaired) electrons.